The molecule has 1 aliphatic rings. The molecule has 2 heterocycles. The number of rotatable bonds is 6. The number of carbonyl (C=O) groups excluding carboxylic acids is 2. The number of nitrogens with zero attached hydrogens (tertiary/aromatic N) is 1. The molecule has 29 heavy (non-hydrogen) atoms. The molecule has 0 saturated carbocycles. The van der Waals surface area contributed by atoms with Crippen molar-refractivity contribution in [1.82, 2.24) is 5.32 Å². The van der Waals surface area contributed by atoms with Crippen molar-refractivity contribution in [3.63, 3.8) is 0 Å². The molecule has 1 N–H and O–H groups in total. The zero-order valence-corrected chi connectivity index (χ0v) is 17.7. The fourth-order valence-electron chi connectivity index (χ4n) is 3.57. The van der Waals surface area contributed by atoms with Crippen LogP contribution in [0.5, 0.6) is 0 Å². The van der Waals surface area contributed by atoms with Crippen LogP contribution in [-0.4, -0.2) is 24.6 Å². The Morgan fingerprint density at radius 1 is 1.10 bits per heavy atom. The molecule has 4 rings (SSSR count). The second-order valence-corrected chi connectivity index (χ2v) is 8.83. The lowest BCUT2D eigenvalue weighted by Crippen LogP contribution is -2.35. The van der Waals surface area contributed by atoms with Crippen LogP contribution >= 0.6 is 23.1 Å². The number of thiophene rings is 1. The summed E-state index contributed by atoms with van der Waals surface area (Å²) in [4.78, 5) is 29.6. The van der Waals surface area contributed by atoms with Crippen LogP contribution < -0.4 is 10.2 Å². The van der Waals surface area contributed by atoms with Gasteiger partial charge < -0.3 is 10.2 Å². The van der Waals surface area contributed by atoms with Gasteiger partial charge in [0.2, 0.25) is 11.8 Å². The molecule has 148 valence electrons. The number of hydrogen-bond acceptors (Lipinski definition) is 4. The van der Waals surface area contributed by atoms with E-state index in [9.17, 15) is 9.59 Å². The molecular formula is C23H22N2O2S2. The molecule has 3 aromatic rings. The van der Waals surface area contributed by atoms with Gasteiger partial charge >= 0.3 is 0 Å². The minimum atomic E-state index is -0.353. The Kier molecular flexibility index (Phi) is 6.02. The van der Waals surface area contributed by atoms with E-state index in [4.69, 9.17) is 0 Å². The van der Waals surface area contributed by atoms with Crippen molar-refractivity contribution in [3.05, 3.63) is 82.6 Å². The van der Waals surface area contributed by atoms with E-state index in [2.05, 4.69) is 5.32 Å². The van der Waals surface area contributed by atoms with Crippen LogP contribution in [0.2, 0.25) is 0 Å². The molecule has 2 aromatic carbocycles. The number of nitrogens with one attached hydrogen (secondary N) is 1. The summed E-state index contributed by atoms with van der Waals surface area (Å²) in [6, 6.07) is 21.7. The average molecular weight is 423 g/mol. The predicted molar refractivity (Wildman–Crippen MR) is 119 cm³/mol. The molecule has 2 amide bonds. The van der Waals surface area contributed by atoms with Gasteiger partial charge in [-0.15, -0.1) is 23.1 Å². The Morgan fingerprint density at radius 3 is 2.52 bits per heavy atom. The van der Waals surface area contributed by atoms with Crippen LogP contribution in [0.15, 0.2) is 77.0 Å². The van der Waals surface area contributed by atoms with Crippen LogP contribution in [0.25, 0.3) is 0 Å². The highest BCUT2D eigenvalue weighted by Crippen LogP contribution is 2.30. The highest BCUT2D eigenvalue weighted by molar-refractivity contribution is 7.98. The van der Waals surface area contributed by atoms with E-state index in [0.29, 0.717) is 6.54 Å². The third kappa shape index (κ3) is 4.38. The number of benzene rings is 2. The molecule has 0 bridgehead atoms. The average Bonchev–Trinajstić information content (AvgIpc) is 3.42. The summed E-state index contributed by atoms with van der Waals surface area (Å²) in [5, 5.41) is 5.19. The van der Waals surface area contributed by atoms with Gasteiger partial charge in [-0.2, -0.15) is 0 Å². The quantitative estimate of drug-likeness (QED) is 0.585. The molecule has 1 aliphatic heterocycles. The maximum absolute atomic E-state index is 13.1. The van der Waals surface area contributed by atoms with Gasteiger partial charge in [-0.1, -0.05) is 36.4 Å². The van der Waals surface area contributed by atoms with Crippen molar-refractivity contribution in [2.45, 2.75) is 17.4 Å². The molecule has 1 fully saturated rings. The van der Waals surface area contributed by atoms with Gasteiger partial charge in [0.15, 0.2) is 0 Å². The molecule has 1 aromatic heterocycles. The smallest absolute Gasteiger partial charge is 0.227 e. The van der Waals surface area contributed by atoms with Crippen molar-refractivity contribution >= 4 is 40.6 Å². The van der Waals surface area contributed by atoms with Gasteiger partial charge in [-0.3, -0.25) is 9.59 Å². The lowest BCUT2D eigenvalue weighted by molar-refractivity contribution is -0.126. The Bertz CT molecular complexity index is 972. The number of amides is 2. The van der Waals surface area contributed by atoms with Crippen molar-refractivity contribution in [3.8, 4) is 0 Å². The molecule has 0 spiro atoms. The minimum absolute atomic E-state index is 0.00515. The first-order valence-electron chi connectivity index (χ1n) is 9.49. The van der Waals surface area contributed by atoms with Crippen LogP contribution in [0, 0.1) is 5.92 Å². The Morgan fingerprint density at radius 2 is 1.86 bits per heavy atom. The van der Waals surface area contributed by atoms with Crippen molar-refractivity contribution < 1.29 is 9.59 Å². The highest BCUT2D eigenvalue weighted by Gasteiger charge is 2.36. The van der Waals surface area contributed by atoms with Crippen LogP contribution in [0.1, 0.15) is 22.9 Å². The monoisotopic (exact) mass is 422 g/mol. The van der Waals surface area contributed by atoms with Crippen LogP contribution in [0.3, 0.4) is 0 Å². The predicted octanol–water partition coefficient (Wildman–Crippen LogP) is 4.73. The third-order valence-electron chi connectivity index (χ3n) is 5.13. The first kappa shape index (κ1) is 19.7. The maximum Gasteiger partial charge on any atom is 0.227 e. The molecule has 0 aliphatic carbocycles. The number of hydrogen-bond donors (Lipinski definition) is 1. The fraction of sp³-hybridized carbons (Fsp3) is 0.217. The van der Waals surface area contributed by atoms with E-state index in [1.165, 1.54) is 0 Å². The van der Waals surface area contributed by atoms with E-state index in [0.717, 1.165) is 21.0 Å². The second kappa shape index (κ2) is 8.84. The van der Waals surface area contributed by atoms with Crippen molar-refractivity contribution in [2.75, 3.05) is 17.7 Å². The van der Waals surface area contributed by atoms with Crippen molar-refractivity contribution in [2.24, 2.45) is 5.92 Å². The SMILES string of the molecule is CSc1ccc(N2CC(C(=O)NC(c3ccccc3)c3cccs3)CC2=O)cc1. The van der Waals surface area contributed by atoms with Gasteiger partial charge in [0.05, 0.1) is 12.0 Å². The molecule has 2 atom stereocenters. The summed E-state index contributed by atoms with van der Waals surface area (Å²) < 4.78 is 0. The largest absolute Gasteiger partial charge is 0.344 e. The van der Waals surface area contributed by atoms with E-state index >= 15 is 0 Å². The standard InChI is InChI=1S/C23H22N2O2S2/c1-28-19-11-9-18(10-12-19)25-15-17(14-21(25)26)23(27)24-22(20-8-5-13-29-20)16-6-3-2-4-7-16/h2-13,17,22H,14-15H2,1H3,(H,24,27). The first-order chi connectivity index (χ1) is 14.2. The summed E-state index contributed by atoms with van der Waals surface area (Å²) in [5.41, 5.74) is 1.89. The number of carbonyl (C=O) groups is 2. The topological polar surface area (TPSA) is 49.4 Å². The van der Waals surface area contributed by atoms with E-state index in [1.807, 2.05) is 78.4 Å². The highest BCUT2D eigenvalue weighted by atomic mass is 32.2. The van der Waals surface area contributed by atoms with Crippen LogP contribution in [-0.2, 0) is 9.59 Å². The summed E-state index contributed by atoms with van der Waals surface area (Å²) in [6.45, 7) is 0.412. The fourth-order valence-corrected chi connectivity index (χ4v) is 4.79. The lowest BCUT2D eigenvalue weighted by atomic mass is 10.0. The molecule has 1 saturated heterocycles. The summed E-state index contributed by atoms with van der Waals surface area (Å²) in [6.07, 6.45) is 2.26. The molecule has 0 radical (unpaired) electrons. The minimum Gasteiger partial charge on any atom is -0.344 e. The van der Waals surface area contributed by atoms with E-state index in [1.54, 1.807) is 28.0 Å². The number of thioether (sulfide) groups is 1. The number of anilines is 1. The molecule has 2 unspecified atom stereocenters. The summed E-state index contributed by atoms with van der Waals surface area (Å²) in [7, 11) is 0. The van der Waals surface area contributed by atoms with Gasteiger partial charge in [0.25, 0.3) is 0 Å². The first-order valence-corrected chi connectivity index (χ1v) is 11.6. The van der Waals surface area contributed by atoms with E-state index < -0.39 is 0 Å². The van der Waals surface area contributed by atoms with Gasteiger partial charge in [0, 0.05) is 28.4 Å². The Balaban J connectivity index is 1.49. The van der Waals surface area contributed by atoms with Crippen molar-refractivity contribution in [1.29, 1.82) is 0 Å². The maximum atomic E-state index is 13.1. The van der Waals surface area contributed by atoms with E-state index in [-0.39, 0.29) is 30.2 Å². The van der Waals surface area contributed by atoms with Gasteiger partial charge in [-0.05, 0) is 47.5 Å². The van der Waals surface area contributed by atoms with Gasteiger partial charge in [0.1, 0.15) is 0 Å². The molecular weight excluding hydrogens is 400 g/mol. The molecule has 4 nitrogen and oxygen atoms in total. The Labute approximate surface area is 178 Å². The Hall–Kier alpha value is -2.57. The second-order valence-electron chi connectivity index (χ2n) is 6.97. The normalized spacial score (nSPS) is 17.3. The lowest BCUT2D eigenvalue weighted by Gasteiger charge is -2.21. The third-order valence-corrected chi connectivity index (χ3v) is 6.81. The summed E-state index contributed by atoms with van der Waals surface area (Å²) >= 11 is 3.28. The van der Waals surface area contributed by atoms with Gasteiger partial charge in [-0.25, -0.2) is 0 Å². The van der Waals surface area contributed by atoms with Crippen LogP contribution in [0.4, 0.5) is 5.69 Å². The zero-order chi connectivity index (χ0) is 20.2. The molecule has 6 heteroatoms. The zero-order valence-electron chi connectivity index (χ0n) is 16.1. The summed E-state index contributed by atoms with van der Waals surface area (Å²) in [5.74, 6) is -0.438.